The molecule has 0 radical (unpaired) electrons. The second-order valence-corrected chi connectivity index (χ2v) is 7.44. The summed E-state index contributed by atoms with van der Waals surface area (Å²) in [6, 6.07) is 1.74. The van der Waals surface area contributed by atoms with Crippen LogP contribution in [0.1, 0.15) is 48.7 Å². The van der Waals surface area contributed by atoms with E-state index in [1.165, 1.54) is 18.4 Å². The summed E-state index contributed by atoms with van der Waals surface area (Å²) in [5.74, 6) is 1.90. The maximum Gasteiger partial charge on any atom is 0.253 e. The van der Waals surface area contributed by atoms with Gasteiger partial charge in [-0.2, -0.15) is 0 Å². The summed E-state index contributed by atoms with van der Waals surface area (Å²) < 4.78 is 1.79. The highest BCUT2D eigenvalue weighted by Crippen LogP contribution is 2.38. The molecule has 1 saturated carbocycles. The first kappa shape index (κ1) is 16.4. The molecule has 2 aromatic rings. The van der Waals surface area contributed by atoms with Crippen LogP contribution >= 0.6 is 0 Å². The van der Waals surface area contributed by atoms with Gasteiger partial charge in [0.25, 0.3) is 5.56 Å². The fraction of sp³-hybridized carbons (Fsp3) is 0.579. The van der Waals surface area contributed by atoms with Crippen molar-refractivity contribution in [3.8, 4) is 0 Å². The minimum absolute atomic E-state index is 0.108. The van der Waals surface area contributed by atoms with Crippen LogP contribution < -0.4 is 5.56 Å². The minimum Gasteiger partial charge on any atom is -0.299 e. The van der Waals surface area contributed by atoms with E-state index in [0.29, 0.717) is 11.8 Å². The van der Waals surface area contributed by atoms with Gasteiger partial charge in [-0.1, -0.05) is 0 Å². The molecule has 0 amide bonds. The van der Waals surface area contributed by atoms with Crippen molar-refractivity contribution in [1.82, 2.24) is 24.4 Å². The second-order valence-electron chi connectivity index (χ2n) is 7.44. The zero-order chi connectivity index (χ0) is 17.2. The van der Waals surface area contributed by atoms with Gasteiger partial charge in [-0.3, -0.25) is 14.3 Å². The topological polar surface area (TPSA) is 63.9 Å². The fourth-order valence-electron chi connectivity index (χ4n) is 3.54. The molecule has 4 rings (SSSR count). The number of aromatic nitrogens is 4. The highest BCUT2D eigenvalue weighted by atomic mass is 16.1. The Hall–Kier alpha value is -2.08. The molecule has 0 bridgehead atoms. The van der Waals surface area contributed by atoms with Crippen LogP contribution in [0.2, 0.25) is 0 Å². The lowest BCUT2D eigenvalue weighted by atomic mass is 9.96. The predicted octanol–water partition coefficient (Wildman–Crippen LogP) is 2.13. The van der Waals surface area contributed by atoms with E-state index in [0.717, 1.165) is 50.5 Å². The molecule has 2 fully saturated rings. The number of nitrogens with zero attached hydrogens (tertiary/aromatic N) is 5. The smallest absolute Gasteiger partial charge is 0.253 e. The molecule has 0 aromatic carbocycles. The molecule has 2 aromatic heterocycles. The van der Waals surface area contributed by atoms with Gasteiger partial charge in [-0.05, 0) is 51.6 Å². The van der Waals surface area contributed by atoms with Crippen molar-refractivity contribution in [3.05, 3.63) is 52.2 Å². The van der Waals surface area contributed by atoms with Crippen molar-refractivity contribution in [2.75, 3.05) is 13.1 Å². The van der Waals surface area contributed by atoms with E-state index in [2.05, 4.69) is 19.9 Å². The summed E-state index contributed by atoms with van der Waals surface area (Å²) in [5.41, 5.74) is 2.26. The average Bonchev–Trinajstić information content (AvgIpc) is 3.45. The van der Waals surface area contributed by atoms with Gasteiger partial charge < -0.3 is 0 Å². The molecule has 1 saturated heterocycles. The summed E-state index contributed by atoms with van der Waals surface area (Å²) in [4.78, 5) is 27.7. The molecule has 1 aliphatic carbocycles. The predicted molar refractivity (Wildman–Crippen MR) is 95.2 cm³/mol. The van der Waals surface area contributed by atoms with Gasteiger partial charge >= 0.3 is 0 Å². The maximum absolute atomic E-state index is 12.3. The van der Waals surface area contributed by atoms with Crippen LogP contribution in [0.25, 0.3) is 0 Å². The number of likely N-dealkylation sites (tertiary alicyclic amines) is 1. The van der Waals surface area contributed by atoms with E-state index in [1.54, 1.807) is 17.0 Å². The Balaban J connectivity index is 1.30. The van der Waals surface area contributed by atoms with Gasteiger partial charge in [0, 0.05) is 43.0 Å². The van der Waals surface area contributed by atoms with Gasteiger partial charge in [-0.25, -0.2) is 15.0 Å². The van der Waals surface area contributed by atoms with E-state index in [-0.39, 0.29) is 5.56 Å². The molecule has 132 valence electrons. The molecular weight excluding hydrogens is 314 g/mol. The Morgan fingerprint density at radius 3 is 2.44 bits per heavy atom. The number of hydrogen-bond donors (Lipinski definition) is 0. The first-order valence-electron chi connectivity index (χ1n) is 9.23. The van der Waals surface area contributed by atoms with E-state index >= 15 is 0 Å². The molecule has 0 spiro atoms. The van der Waals surface area contributed by atoms with Crippen molar-refractivity contribution >= 4 is 0 Å². The lowest BCUT2D eigenvalue weighted by Crippen LogP contribution is -2.36. The van der Waals surface area contributed by atoms with Crippen LogP contribution in [0, 0.1) is 12.8 Å². The summed E-state index contributed by atoms with van der Waals surface area (Å²) in [7, 11) is 0. The first-order valence-corrected chi connectivity index (χ1v) is 9.23. The van der Waals surface area contributed by atoms with Crippen molar-refractivity contribution in [1.29, 1.82) is 0 Å². The lowest BCUT2D eigenvalue weighted by molar-refractivity contribution is 0.166. The summed E-state index contributed by atoms with van der Waals surface area (Å²) in [6.45, 7) is 5.72. The summed E-state index contributed by atoms with van der Waals surface area (Å²) in [5, 5.41) is 0. The fourth-order valence-corrected chi connectivity index (χ4v) is 3.54. The van der Waals surface area contributed by atoms with Crippen molar-refractivity contribution in [2.45, 2.75) is 51.6 Å². The number of rotatable bonds is 5. The Bertz CT molecular complexity index is 773. The molecule has 0 unspecified atom stereocenters. The van der Waals surface area contributed by atoms with Crippen LogP contribution in [0.15, 0.2) is 29.6 Å². The number of aryl methyl sites for hydroxylation is 1. The van der Waals surface area contributed by atoms with E-state index in [1.807, 2.05) is 19.3 Å². The minimum atomic E-state index is 0.108. The Morgan fingerprint density at radius 2 is 1.80 bits per heavy atom. The molecule has 6 nitrogen and oxygen atoms in total. The lowest BCUT2D eigenvalue weighted by Gasteiger charge is -2.32. The van der Waals surface area contributed by atoms with Crippen molar-refractivity contribution in [3.63, 3.8) is 0 Å². The highest BCUT2D eigenvalue weighted by Gasteiger charge is 2.26. The largest absolute Gasteiger partial charge is 0.299 e. The van der Waals surface area contributed by atoms with Crippen molar-refractivity contribution < 1.29 is 0 Å². The molecular formula is C19H25N5O. The molecule has 25 heavy (non-hydrogen) atoms. The monoisotopic (exact) mass is 339 g/mol. The second kappa shape index (κ2) is 7.04. The molecule has 0 N–H and O–H groups in total. The molecule has 2 aliphatic rings. The third kappa shape index (κ3) is 4.12. The highest BCUT2D eigenvalue weighted by molar-refractivity contribution is 5.12. The van der Waals surface area contributed by atoms with Crippen LogP contribution in [-0.4, -0.2) is 37.5 Å². The van der Waals surface area contributed by atoms with E-state index in [9.17, 15) is 4.79 Å². The molecule has 6 heteroatoms. The normalized spacial score (nSPS) is 19.2. The Kier molecular flexibility index (Phi) is 4.61. The van der Waals surface area contributed by atoms with Gasteiger partial charge in [-0.15, -0.1) is 0 Å². The Labute approximate surface area is 148 Å². The molecule has 0 atom stereocenters. The van der Waals surface area contributed by atoms with Crippen LogP contribution in [-0.2, 0) is 13.1 Å². The zero-order valence-corrected chi connectivity index (χ0v) is 14.8. The maximum atomic E-state index is 12.3. The zero-order valence-electron chi connectivity index (χ0n) is 14.8. The van der Waals surface area contributed by atoms with Gasteiger partial charge in [0.05, 0.1) is 12.0 Å². The molecule has 3 heterocycles. The van der Waals surface area contributed by atoms with E-state index in [4.69, 9.17) is 0 Å². The van der Waals surface area contributed by atoms with Crippen LogP contribution in [0.4, 0.5) is 0 Å². The third-order valence-electron chi connectivity index (χ3n) is 5.30. The SMILES string of the molecule is Cc1ncc(CN2CCC(Cn3cnc(C4CC4)cc3=O)CC2)cn1. The van der Waals surface area contributed by atoms with Crippen LogP contribution in [0.3, 0.4) is 0 Å². The van der Waals surface area contributed by atoms with Gasteiger partial charge in [0.2, 0.25) is 0 Å². The summed E-state index contributed by atoms with van der Waals surface area (Å²) >= 11 is 0. The van der Waals surface area contributed by atoms with Gasteiger partial charge in [0.1, 0.15) is 5.82 Å². The molecule has 1 aliphatic heterocycles. The van der Waals surface area contributed by atoms with E-state index < -0.39 is 0 Å². The van der Waals surface area contributed by atoms with Gasteiger partial charge in [0.15, 0.2) is 0 Å². The summed E-state index contributed by atoms with van der Waals surface area (Å²) in [6.07, 6.45) is 10.2. The van der Waals surface area contributed by atoms with Crippen LogP contribution in [0.5, 0.6) is 0 Å². The quantitative estimate of drug-likeness (QED) is 0.835. The van der Waals surface area contributed by atoms with Crippen molar-refractivity contribution in [2.24, 2.45) is 5.92 Å². The first-order chi connectivity index (χ1) is 12.2. The number of hydrogen-bond acceptors (Lipinski definition) is 5. The number of piperidine rings is 1. The Morgan fingerprint density at radius 1 is 1.08 bits per heavy atom. The average molecular weight is 339 g/mol. The third-order valence-corrected chi connectivity index (χ3v) is 5.30. The standard InChI is InChI=1S/C19H25N5O/c1-14-20-9-16(10-21-14)11-23-6-4-15(5-7-23)12-24-13-22-18(8-19(24)25)17-2-3-17/h8-10,13,15,17H,2-7,11-12H2,1H3.